The highest BCUT2D eigenvalue weighted by atomic mass is 35.5. The topological polar surface area (TPSA) is 92.3 Å². The summed E-state index contributed by atoms with van der Waals surface area (Å²) in [5.41, 5.74) is -0.0644. The third-order valence-electron chi connectivity index (χ3n) is 3.76. The van der Waals surface area contributed by atoms with Crippen molar-refractivity contribution in [2.24, 2.45) is 0 Å². The Morgan fingerprint density at radius 2 is 1.30 bits per heavy atom. The van der Waals surface area contributed by atoms with Gasteiger partial charge in [-0.25, -0.2) is 30.0 Å². The highest BCUT2D eigenvalue weighted by molar-refractivity contribution is 7.93. The Morgan fingerprint density at radius 3 is 1.97 bits per heavy atom. The molecular weight excluding hydrogens is 465 g/mol. The fourth-order valence-electron chi connectivity index (χ4n) is 2.42. The summed E-state index contributed by atoms with van der Waals surface area (Å²) in [6.45, 7) is 0. The molecule has 158 valence electrons. The maximum Gasteiger partial charge on any atom is 0.264 e. The van der Waals surface area contributed by atoms with Gasteiger partial charge in [0.2, 0.25) is 0 Å². The highest BCUT2D eigenvalue weighted by Gasteiger charge is 2.25. The number of halogens is 4. The van der Waals surface area contributed by atoms with Gasteiger partial charge in [0.05, 0.1) is 16.3 Å². The molecule has 0 saturated heterocycles. The standard InChI is InChI=1S/C18H12ClF3N2O4S2/c19-11-3-1-4-12(9-11)23-29(25,26)14-6-2-5-13(10-14)24-30(27,28)16-8-7-15(20)17(21)18(16)22/h1-10,23-24H. The Hall–Kier alpha value is -2.76. The first kappa shape index (κ1) is 21.9. The molecule has 0 fully saturated rings. The van der Waals surface area contributed by atoms with E-state index in [1.54, 1.807) is 6.07 Å². The minimum Gasteiger partial charge on any atom is -0.280 e. The Morgan fingerprint density at radius 1 is 0.700 bits per heavy atom. The summed E-state index contributed by atoms with van der Waals surface area (Å²) >= 11 is 5.82. The minimum absolute atomic E-state index is 0.178. The molecule has 0 atom stereocenters. The number of benzene rings is 3. The van der Waals surface area contributed by atoms with Crippen molar-refractivity contribution >= 4 is 43.0 Å². The van der Waals surface area contributed by atoms with Crippen LogP contribution < -0.4 is 9.44 Å². The number of sulfonamides is 2. The van der Waals surface area contributed by atoms with Crippen LogP contribution in [0.15, 0.2) is 70.5 Å². The molecule has 0 heterocycles. The lowest BCUT2D eigenvalue weighted by atomic mass is 10.3. The van der Waals surface area contributed by atoms with E-state index < -0.39 is 42.4 Å². The molecule has 12 heteroatoms. The molecule has 2 N–H and O–H groups in total. The lowest BCUT2D eigenvalue weighted by molar-refractivity contribution is 0.432. The van der Waals surface area contributed by atoms with E-state index in [4.69, 9.17) is 11.6 Å². The number of hydrogen-bond acceptors (Lipinski definition) is 4. The average Bonchev–Trinajstić information content (AvgIpc) is 2.65. The maximum atomic E-state index is 13.9. The van der Waals surface area contributed by atoms with Gasteiger partial charge in [-0.1, -0.05) is 23.7 Å². The van der Waals surface area contributed by atoms with E-state index in [1.807, 2.05) is 4.72 Å². The molecule has 0 amide bonds. The first-order chi connectivity index (χ1) is 14.0. The Bertz CT molecular complexity index is 1330. The van der Waals surface area contributed by atoms with Gasteiger partial charge in [0.1, 0.15) is 4.90 Å². The Balaban J connectivity index is 1.91. The van der Waals surface area contributed by atoms with Crippen molar-refractivity contribution in [1.82, 2.24) is 0 Å². The predicted octanol–water partition coefficient (Wildman–Crippen LogP) is 4.36. The van der Waals surface area contributed by atoms with Crippen molar-refractivity contribution in [3.63, 3.8) is 0 Å². The van der Waals surface area contributed by atoms with E-state index >= 15 is 0 Å². The SMILES string of the molecule is O=S(=O)(Nc1cccc(Cl)c1)c1cccc(NS(=O)(=O)c2ccc(F)c(F)c2F)c1. The van der Waals surface area contributed by atoms with Crippen LogP contribution in [0, 0.1) is 17.5 Å². The zero-order chi connectivity index (χ0) is 22.1. The van der Waals surface area contributed by atoms with Crippen LogP contribution >= 0.6 is 11.6 Å². The second kappa shape index (κ2) is 8.17. The van der Waals surface area contributed by atoms with Crippen molar-refractivity contribution in [3.8, 4) is 0 Å². The molecule has 3 rings (SSSR count). The summed E-state index contributed by atoms with van der Waals surface area (Å²) in [7, 11) is -8.79. The molecule has 0 bridgehead atoms. The molecule has 0 aromatic heterocycles. The van der Waals surface area contributed by atoms with Gasteiger partial charge in [-0.15, -0.1) is 0 Å². The largest absolute Gasteiger partial charge is 0.280 e. The first-order valence-corrected chi connectivity index (χ1v) is 11.4. The fourth-order valence-corrected chi connectivity index (χ4v) is 4.82. The summed E-state index contributed by atoms with van der Waals surface area (Å²) in [4.78, 5) is -1.44. The second-order valence-electron chi connectivity index (χ2n) is 5.92. The van der Waals surface area contributed by atoms with E-state index in [1.165, 1.54) is 36.4 Å². The van der Waals surface area contributed by atoms with E-state index in [0.717, 1.165) is 6.07 Å². The average molecular weight is 477 g/mol. The van der Waals surface area contributed by atoms with Gasteiger partial charge in [0.15, 0.2) is 17.5 Å². The van der Waals surface area contributed by atoms with Crippen molar-refractivity contribution in [2.75, 3.05) is 9.44 Å². The first-order valence-electron chi connectivity index (χ1n) is 8.04. The van der Waals surface area contributed by atoms with E-state index in [9.17, 15) is 30.0 Å². The monoisotopic (exact) mass is 476 g/mol. The maximum absolute atomic E-state index is 13.9. The van der Waals surface area contributed by atoms with E-state index in [2.05, 4.69) is 4.72 Å². The number of anilines is 2. The molecule has 6 nitrogen and oxygen atoms in total. The fraction of sp³-hybridized carbons (Fsp3) is 0. The van der Waals surface area contributed by atoms with Crippen LogP contribution in [0.2, 0.25) is 5.02 Å². The minimum atomic E-state index is -4.67. The third-order valence-corrected chi connectivity index (χ3v) is 6.78. The second-order valence-corrected chi connectivity index (χ2v) is 9.69. The van der Waals surface area contributed by atoms with Crippen LogP contribution in [0.4, 0.5) is 24.5 Å². The summed E-state index contributed by atoms with van der Waals surface area (Å²) in [5.74, 6) is -5.39. The number of rotatable bonds is 6. The predicted molar refractivity (Wildman–Crippen MR) is 106 cm³/mol. The van der Waals surface area contributed by atoms with Crippen LogP contribution in [-0.4, -0.2) is 16.8 Å². The molecule has 0 aliphatic heterocycles. The van der Waals surface area contributed by atoms with Crippen LogP contribution in [-0.2, 0) is 20.0 Å². The quantitative estimate of drug-likeness (QED) is 0.517. The molecule has 30 heavy (non-hydrogen) atoms. The zero-order valence-corrected chi connectivity index (χ0v) is 17.1. The van der Waals surface area contributed by atoms with Crippen LogP contribution in [0.1, 0.15) is 0 Å². The lowest BCUT2D eigenvalue weighted by Gasteiger charge is -2.12. The van der Waals surface area contributed by atoms with E-state index in [0.29, 0.717) is 17.2 Å². The van der Waals surface area contributed by atoms with Gasteiger partial charge in [0.25, 0.3) is 20.0 Å². The molecule has 0 spiro atoms. The van der Waals surface area contributed by atoms with Gasteiger partial charge in [-0.2, -0.15) is 0 Å². The number of nitrogens with one attached hydrogen (secondary N) is 2. The highest BCUT2D eigenvalue weighted by Crippen LogP contribution is 2.25. The third kappa shape index (κ3) is 4.69. The molecule has 0 aliphatic rings. The molecule has 3 aromatic carbocycles. The number of hydrogen-bond donors (Lipinski definition) is 2. The van der Waals surface area contributed by atoms with Crippen molar-refractivity contribution in [3.05, 3.63) is 83.1 Å². The van der Waals surface area contributed by atoms with Crippen LogP contribution in [0.3, 0.4) is 0 Å². The van der Waals surface area contributed by atoms with Crippen molar-refractivity contribution in [2.45, 2.75) is 9.79 Å². The van der Waals surface area contributed by atoms with Gasteiger partial charge in [-0.3, -0.25) is 9.44 Å². The lowest BCUT2D eigenvalue weighted by Crippen LogP contribution is -2.17. The molecule has 0 aliphatic carbocycles. The zero-order valence-electron chi connectivity index (χ0n) is 14.7. The normalized spacial score (nSPS) is 11.9. The molecule has 0 radical (unpaired) electrons. The van der Waals surface area contributed by atoms with Crippen molar-refractivity contribution in [1.29, 1.82) is 0 Å². The van der Waals surface area contributed by atoms with Crippen LogP contribution in [0.25, 0.3) is 0 Å². The van der Waals surface area contributed by atoms with Crippen molar-refractivity contribution < 1.29 is 30.0 Å². The Labute approximate surface area is 175 Å². The van der Waals surface area contributed by atoms with Gasteiger partial charge in [0, 0.05) is 5.02 Å². The summed E-state index contributed by atoms with van der Waals surface area (Å²) in [6, 6.07) is 11.5. The summed E-state index contributed by atoms with van der Waals surface area (Å²) in [5, 5.41) is 0.297. The Kier molecular flexibility index (Phi) is 5.97. The molecular formula is C18H12ClF3N2O4S2. The van der Waals surface area contributed by atoms with Gasteiger partial charge < -0.3 is 0 Å². The van der Waals surface area contributed by atoms with Crippen LogP contribution in [0.5, 0.6) is 0 Å². The summed E-state index contributed by atoms with van der Waals surface area (Å²) in [6.07, 6.45) is 0. The van der Waals surface area contributed by atoms with Gasteiger partial charge >= 0.3 is 0 Å². The van der Waals surface area contributed by atoms with Gasteiger partial charge in [-0.05, 0) is 48.5 Å². The molecule has 0 saturated carbocycles. The molecule has 3 aromatic rings. The summed E-state index contributed by atoms with van der Waals surface area (Å²) < 4.78 is 94.3. The smallest absolute Gasteiger partial charge is 0.264 e. The molecule has 0 unspecified atom stereocenters. The van der Waals surface area contributed by atoms with E-state index in [-0.39, 0.29) is 16.3 Å².